The number of Topliss-reactive ketones (excluding diaryl/α,β-unsaturated/α-hetero) is 1. The maximum Gasteiger partial charge on any atom is 0.264 e. The van der Waals surface area contributed by atoms with Crippen molar-refractivity contribution < 1.29 is 18.0 Å². The number of ketones is 1. The summed E-state index contributed by atoms with van der Waals surface area (Å²) < 4.78 is 29.5. The van der Waals surface area contributed by atoms with Crippen molar-refractivity contribution in [2.45, 2.75) is 38.5 Å². The smallest absolute Gasteiger partial charge is 0.264 e. The molecule has 0 radical (unpaired) electrons. The number of fused-ring (bicyclic) bond motifs is 1. The standard InChI is InChI=1S/C26H29N7O4S/c1-16-6-8-19(14-23(16)38(36,37)31-25(35)11-7-17(2)34)28-26-27-13-12-24(29-26)32(4)20-9-10-21-18(3)33(5)30-22(21)15-20/h6,8-10,12-15H,7,11H2,1-5H3,(H,31,35)(H,27,28,29). The predicted octanol–water partition coefficient (Wildman–Crippen LogP) is 3.67. The van der Waals surface area contributed by atoms with Gasteiger partial charge in [-0.05, 0) is 62.7 Å². The summed E-state index contributed by atoms with van der Waals surface area (Å²) in [7, 11) is -0.346. The molecule has 0 unspecified atom stereocenters. The van der Waals surface area contributed by atoms with Crippen molar-refractivity contribution in [1.29, 1.82) is 0 Å². The highest BCUT2D eigenvalue weighted by Gasteiger charge is 2.21. The Morgan fingerprint density at radius 1 is 1.05 bits per heavy atom. The van der Waals surface area contributed by atoms with Gasteiger partial charge in [-0.1, -0.05) is 6.07 Å². The molecule has 0 bridgehead atoms. The summed E-state index contributed by atoms with van der Waals surface area (Å²) in [5, 5.41) is 8.66. The molecule has 0 spiro atoms. The van der Waals surface area contributed by atoms with Crippen molar-refractivity contribution in [2.75, 3.05) is 17.3 Å². The first-order valence-electron chi connectivity index (χ1n) is 11.9. The lowest BCUT2D eigenvalue weighted by Gasteiger charge is -2.19. The lowest BCUT2D eigenvalue weighted by Crippen LogP contribution is -2.31. The van der Waals surface area contributed by atoms with Crippen LogP contribution < -0.4 is 14.9 Å². The molecule has 2 aromatic carbocycles. The molecule has 2 heterocycles. The fraction of sp³-hybridized carbons (Fsp3) is 0.269. The zero-order valence-electron chi connectivity index (χ0n) is 21.8. The Morgan fingerprint density at radius 3 is 2.55 bits per heavy atom. The topological polar surface area (TPSA) is 139 Å². The van der Waals surface area contributed by atoms with Crippen molar-refractivity contribution in [3.05, 3.63) is 59.9 Å². The van der Waals surface area contributed by atoms with Crippen LogP contribution in [0, 0.1) is 13.8 Å². The van der Waals surface area contributed by atoms with Gasteiger partial charge in [-0.25, -0.2) is 18.1 Å². The van der Waals surface area contributed by atoms with Gasteiger partial charge in [0.1, 0.15) is 11.6 Å². The maximum absolute atomic E-state index is 12.8. The van der Waals surface area contributed by atoms with Crippen LogP contribution in [-0.4, -0.2) is 46.9 Å². The molecule has 11 nitrogen and oxygen atoms in total. The van der Waals surface area contributed by atoms with Crippen molar-refractivity contribution in [3.63, 3.8) is 0 Å². The summed E-state index contributed by atoms with van der Waals surface area (Å²) in [5.74, 6) is -0.0507. The summed E-state index contributed by atoms with van der Waals surface area (Å²) in [4.78, 5) is 33.8. The molecule has 0 atom stereocenters. The molecule has 4 rings (SSSR count). The molecular weight excluding hydrogens is 506 g/mol. The average molecular weight is 536 g/mol. The van der Waals surface area contributed by atoms with E-state index in [1.165, 1.54) is 13.0 Å². The Hall–Kier alpha value is -4.32. The third-order valence-corrected chi connectivity index (χ3v) is 7.69. The number of aryl methyl sites for hydroxylation is 3. The second-order valence-electron chi connectivity index (χ2n) is 9.04. The zero-order chi connectivity index (χ0) is 27.6. The number of hydrogen-bond acceptors (Lipinski definition) is 9. The van der Waals surface area contributed by atoms with Crippen LogP contribution in [0.15, 0.2) is 53.6 Å². The summed E-state index contributed by atoms with van der Waals surface area (Å²) in [6, 6.07) is 12.5. The highest BCUT2D eigenvalue weighted by atomic mass is 32.2. The number of carbonyl (C=O) groups excluding carboxylic acids is 2. The van der Waals surface area contributed by atoms with Crippen molar-refractivity contribution in [2.24, 2.45) is 7.05 Å². The van der Waals surface area contributed by atoms with E-state index in [0.717, 1.165) is 22.3 Å². The van der Waals surface area contributed by atoms with Crippen LogP contribution in [0.3, 0.4) is 0 Å². The van der Waals surface area contributed by atoms with Gasteiger partial charge in [0.2, 0.25) is 11.9 Å². The second-order valence-corrected chi connectivity index (χ2v) is 10.7. The molecule has 0 saturated heterocycles. The van der Waals surface area contributed by atoms with E-state index in [1.807, 2.05) is 53.5 Å². The van der Waals surface area contributed by atoms with Gasteiger partial charge in [0, 0.05) is 55.6 Å². The Kier molecular flexibility index (Phi) is 7.44. The minimum atomic E-state index is -4.14. The van der Waals surface area contributed by atoms with Crippen molar-refractivity contribution in [1.82, 2.24) is 24.5 Å². The van der Waals surface area contributed by atoms with E-state index in [4.69, 9.17) is 0 Å². The summed E-state index contributed by atoms with van der Waals surface area (Å²) >= 11 is 0. The monoisotopic (exact) mass is 535 g/mol. The fourth-order valence-corrected chi connectivity index (χ4v) is 5.18. The van der Waals surface area contributed by atoms with Crippen molar-refractivity contribution >= 4 is 55.8 Å². The van der Waals surface area contributed by atoms with Gasteiger partial charge in [-0.3, -0.25) is 9.48 Å². The first-order valence-corrected chi connectivity index (χ1v) is 13.4. The molecule has 0 aliphatic heterocycles. The number of benzene rings is 2. The SMILES string of the molecule is CC(=O)CCC(=O)NS(=O)(=O)c1cc(Nc2nccc(N(C)c3ccc4c(C)n(C)nc4c3)n2)ccc1C. The van der Waals surface area contributed by atoms with Crippen molar-refractivity contribution in [3.8, 4) is 0 Å². The minimum absolute atomic E-state index is 0.0284. The van der Waals surface area contributed by atoms with E-state index >= 15 is 0 Å². The zero-order valence-corrected chi connectivity index (χ0v) is 22.6. The Bertz CT molecular complexity index is 1650. The molecule has 198 valence electrons. The average Bonchev–Trinajstić information content (AvgIpc) is 3.15. The van der Waals surface area contributed by atoms with Crippen LogP contribution in [0.1, 0.15) is 31.0 Å². The molecule has 2 aromatic heterocycles. The van der Waals surface area contributed by atoms with Gasteiger partial charge in [0.25, 0.3) is 10.0 Å². The number of hydrogen-bond donors (Lipinski definition) is 2. The number of sulfonamides is 1. The number of anilines is 4. The van der Waals surface area contributed by atoms with E-state index in [9.17, 15) is 18.0 Å². The van der Waals surface area contributed by atoms with Gasteiger partial charge >= 0.3 is 0 Å². The summed E-state index contributed by atoms with van der Waals surface area (Å²) in [5.41, 5.74) is 3.74. The highest BCUT2D eigenvalue weighted by Crippen LogP contribution is 2.28. The van der Waals surface area contributed by atoms with E-state index in [-0.39, 0.29) is 29.5 Å². The molecule has 0 saturated carbocycles. The van der Waals surface area contributed by atoms with Crippen LogP contribution in [0.25, 0.3) is 10.9 Å². The molecule has 0 fully saturated rings. The van der Waals surface area contributed by atoms with Crippen LogP contribution in [0.4, 0.5) is 23.1 Å². The van der Waals surface area contributed by atoms with Crippen LogP contribution in [0.5, 0.6) is 0 Å². The molecule has 4 aromatic rings. The number of carbonyl (C=O) groups is 2. The lowest BCUT2D eigenvalue weighted by atomic mass is 10.2. The highest BCUT2D eigenvalue weighted by molar-refractivity contribution is 7.90. The third kappa shape index (κ3) is 5.80. The van der Waals surface area contributed by atoms with Crippen LogP contribution in [-0.2, 0) is 26.7 Å². The lowest BCUT2D eigenvalue weighted by molar-refractivity contribution is -0.123. The number of amides is 1. The first kappa shape index (κ1) is 26.7. The summed E-state index contributed by atoms with van der Waals surface area (Å²) in [6.45, 7) is 4.99. The van der Waals surface area contributed by atoms with E-state index in [0.29, 0.717) is 17.1 Å². The second kappa shape index (κ2) is 10.6. The maximum atomic E-state index is 12.8. The van der Waals surface area contributed by atoms with E-state index in [1.54, 1.807) is 31.3 Å². The third-order valence-electron chi connectivity index (χ3n) is 6.17. The molecule has 12 heteroatoms. The van der Waals surface area contributed by atoms with Gasteiger partial charge in [-0.15, -0.1) is 0 Å². The van der Waals surface area contributed by atoms with Gasteiger partial charge in [0.15, 0.2) is 0 Å². The molecule has 1 amide bonds. The quantitative estimate of drug-likeness (QED) is 0.329. The number of rotatable bonds is 9. The van der Waals surface area contributed by atoms with Gasteiger partial charge in [-0.2, -0.15) is 10.1 Å². The largest absolute Gasteiger partial charge is 0.329 e. The number of nitrogens with zero attached hydrogens (tertiary/aromatic N) is 5. The molecular formula is C26H29N7O4S. The van der Waals surface area contributed by atoms with Crippen LogP contribution >= 0.6 is 0 Å². The normalized spacial score (nSPS) is 11.4. The minimum Gasteiger partial charge on any atom is -0.329 e. The molecule has 2 N–H and O–H groups in total. The molecule has 0 aliphatic carbocycles. The van der Waals surface area contributed by atoms with Crippen LogP contribution in [0.2, 0.25) is 0 Å². The Morgan fingerprint density at radius 2 is 1.82 bits per heavy atom. The number of nitrogens with one attached hydrogen (secondary N) is 2. The fourth-order valence-electron chi connectivity index (χ4n) is 3.90. The molecule has 38 heavy (non-hydrogen) atoms. The van der Waals surface area contributed by atoms with Gasteiger partial charge in [0.05, 0.1) is 10.4 Å². The predicted molar refractivity (Wildman–Crippen MR) is 145 cm³/mol. The van der Waals surface area contributed by atoms with E-state index in [2.05, 4.69) is 20.4 Å². The molecule has 0 aliphatic rings. The number of aromatic nitrogens is 4. The van der Waals surface area contributed by atoms with E-state index < -0.39 is 15.9 Å². The van der Waals surface area contributed by atoms with Gasteiger partial charge < -0.3 is 15.0 Å². The Balaban J connectivity index is 1.54. The summed E-state index contributed by atoms with van der Waals surface area (Å²) in [6.07, 6.45) is 1.37. The Labute approximate surface area is 221 Å². The first-order chi connectivity index (χ1) is 17.9.